The van der Waals surface area contributed by atoms with Gasteiger partial charge in [0.2, 0.25) is 0 Å². The number of fused-ring (bicyclic) bond motifs is 1. The molecular formula is C31H30F6N2O4. The van der Waals surface area contributed by atoms with Crippen LogP contribution in [0.1, 0.15) is 22.3 Å². The summed E-state index contributed by atoms with van der Waals surface area (Å²) in [6.07, 6.45) is -10.1. The van der Waals surface area contributed by atoms with E-state index in [-0.39, 0.29) is 12.2 Å². The van der Waals surface area contributed by atoms with Gasteiger partial charge in [0.1, 0.15) is 18.1 Å². The molecule has 0 amide bonds. The zero-order valence-electron chi connectivity index (χ0n) is 22.9. The maximum Gasteiger partial charge on any atom is 0.416 e. The zero-order chi connectivity index (χ0) is 30.8. The fourth-order valence-corrected chi connectivity index (χ4v) is 5.50. The summed E-state index contributed by atoms with van der Waals surface area (Å²) < 4.78 is 87.7. The molecule has 2 aliphatic rings. The Kier molecular flexibility index (Phi) is 8.89. The van der Waals surface area contributed by atoms with Crippen molar-refractivity contribution in [3.8, 4) is 11.5 Å². The number of benzene rings is 3. The number of hydrogen-bond donors (Lipinski definition) is 2. The Hall–Kier alpha value is -3.77. The number of aliphatic carboxylic acids is 1. The number of carbonyl (C=O) groups is 1. The van der Waals surface area contributed by atoms with E-state index in [1.165, 1.54) is 12.1 Å². The molecule has 0 bridgehead atoms. The lowest BCUT2D eigenvalue weighted by molar-refractivity contribution is -0.145. The first-order valence-corrected chi connectivity index (χ1v) is 13.8. The number of nitrogens with zero attached hydrogens (tertiary/aromatic N) is 1. The van der Waals surface area contributed by atoms with E-state index in [1.807, 2.05) is 0 Å². The second-order valence-electron chi connectivity index (χ2n) is 10.9. The molecule has 1 aliphatic carbocycles. The minimum absolute atomic E-state index is 0.0124. The van der Waals surface area contributed by atoms with Gasteiger partial charge in [-0.05, 0) is 71.5 Å². The SMILES string of the molecule is O=C(O)[C@H](Cc1ccc(OCCNC2[C@@H]3CN(Cc4ccc(C(F)(F)F)cc4)C[C@@H]23)cc1)Oc1ccc(C(F)(F)F)cc1. The topological polar surface area (TPSA) is 71.0 Å². The van der Waals surface area contributed by atoms with Crippen LogP contribution >= 0.6 is 0 Å². The highest BCUT2D eigenvalue weighted by Gasteiger charge is 2.55. The van der Waals surface area contributed by atoms with Crippen molar-refractivity contribution in [3.63, 3.8) is 0 Å². The average molecular weight is 609 g/mol. The lowest BCUT2D eigenvalue weighted by Crippen LogP contribution is -2.33. The van der Waals surface area contributed by atoms with E-state index in [1.54, 1.807) is 24.3 Å². The lowest BCUT2D eigenvalue weighted by atomic mass is 10.1. The van der Waals surface area contributed by atoms with Crippen LogP contribution in [0.4, 0.5) is 26.3 Å². The van der Waals surface area contributed by atoms with Gasteiger partial charge in [0.25, 0.3) is 0 Å². The summed E-state index contributed by atoms with van der Waals surface area (Å²) in [6.45, 7) is 3.49. The van der Waals surface area contributed by atoms with Gasteiger partial charge in [-0.1, -0.05) is 24.3 Å². The molecule has 0 aromatic heterocycles. The van der Waals surface area contributed by atoms with Crippen LogP contribution in [0.2, 0.25) is 0 Å². The number of alkyl halides is 6. The van der Waals surface area contributed by atoms with Crippen LogP contribution in [0.25, 0.3) is 0 Å². The predicted octanol–water partition coefficient (Wildman–Crippen LogP) is 5.90. The van der Waals surface area contributed by atoms with Gasteiger partial charge in [0.05, 0.1) is 11.1 Å². The van der Waals surface area contributed by atoms with E-state index in [0.717, 1.165) is 55.1 Å². The molecule has 0 unspecified atom stereocenters. The molecule has 6 nitrogen and oxygen atoms in total. The molecular weight excluding hydrogens is 578 g/mol. The van der Waals surface area contributed by atoms with Crippen LogP contribution in [0.5, 0.6) is 11.5 Å². The summed E-state index contributed by atoms with van der Waals surface area (Å²) in [5.74, 6) is 0.430. The van der Waals surface area contributed by atoms with Crippen molar-refractivity contribution < 1.29 is 45.7 Å². The van der Waals surface area contributed by atoms with Crippen LogP contribution in [0, 0.1) is 11.8 Å². The van der Waals surface area contributed by atoms with E-state index in [4.69, 9.17) is 9.47 Å². The molecule has 1 saturated carbocycles. The summed E-state index contributed by atoms with van der Waals surface area (Å²) in [5, 5.41) is 13.0. The number of carboxylic acids is 1. The second-order valence-corrected chi connectivity index (χ2v) is 10.9. The third-order valence-electron chi connectivity index (χ3n) is 7.79. The smallest absolute Gasteiger partial charge is 0.416 e. The van der Waals surface area contributed by atoms with E-state index < -0.39 is 35.6 Å². The maximum absolute atomic E-state index is 12.8. The van der Waals surface area contributed by atoms with E-state index >= 15 is 0 Å². The first-order chi connectivity index (χ1) is 20.4. The van der Waals surface area contributed by atoms with Crippen LogP contribution in [0.15, 0.2) is 72.8 Å². The molecule has 1 heterocycles. The highest BCUT2D eigenvalue weighted by Crippen LogP contribution is 2.45. The fourth-order valence-electron chi connectivity index (χ4n) is 5.50. The van der Waals surface area contributed by atoms with E-state index in [9.17, 15) is 36.2 Å². The van der Waals surface area contributed by atoms with Gasteiger partial charge in [-0.3, -0.25) is 4.90 Å². The molecule has 3 atom stereocenters. The van der Waals surface area contributed by atoms with Gasteiger partial charge in [-0.2, -0.15) is 26.3 Å². The lowest BCUT2D eigenvalue weighted by Gasteiger charge is -2.20. The molecule has 3 aromatic carbocycles. The molecule has 230 valence electrons. The minimum atomic E-state index is -4.49. The normalized spacial score (nSPS) is 20.8. The number of piperidine rings is 1. The van der Waals surface area contributed by atoms with Crippen molar-refractivity contribution in [1.29, 1.82) is 0 Å². The van der Waals surface area contributed by atoms with Crippen LogP contribution in [0.3, 0.4) is 0 Å². The van der Waals surface area contributed by atoms with Gasteiger partial charge < -0.3 is 19.9 Å². The Labute approximate surface area is 244 Å². The quantitative estimate of drug-likeness (QED) is 0.197. The Morgan fingerprint density at radius 2 is 1.33 bits per heavy atom. The summed E-state index contributed by atoms with van der Waals surface area (Å²) in [7, 11) is 0. The summed E-state index contributed by atoms with van der Waals surface area (Å²) >= 11 is 0. The zero-order valence-corrected chi connectivity index (χ0v) is 22.9. The van der Waals surface area contributed by atoms with Crippen LogP contribution < -0.4 is 14.8 Å². The molecule has 12 heteroatoms. The van der Waals surface area contributed by atoms with Gasteiger partial charge >= 0.3 is 18.3 Å². The summed E-state index contributed by atoms with van der Waals surface area (Å²) in [6, 6.07) is 16.4. The van der Waals surface area contributed by atoms with Crippen molar-refractivity contribution in [2.45, 2.75) is 37.5 Å². The monoisotopic (exact) mass is 608 g/mol. The van der Waals surface area contributed by atoms with Crippen molar-refractivity contribution in [3.05, 3.63) is 95.1 Å². The van der Waals surface area contributed by atoms with Gasteiger partial charge in [-0.25, -0.2) is 4.79 Å². The number of hydrogen-bond acceptors (Lipinski definition) is 5. The van der Waals surface area contributed by atoms with Crippen LogP contribution in [-0.4, -0.2) is 54.4 Å². The number of nitrogens with one attached hydrogen (secondary N) is 1. The molecule has 2 fully saturated rings. The first-order valence-electron chi connectivity index (χ1n) is 13.8. The number of ether oxygens (including phenoxy) is 2. The summed E-state index contributed by atoms with van der Waals surface area (Å²) in [5.41, 5.74) is 0.0398. The van der Waals surface area contributed by atoms with E-state index in [0.29, 0.717) is 48.9 Å². The molecule has 0 radical (unpaired) electrons. The van der Waals surface area contributed by atoms with Crippen molar-refractivity contribution in [1.82, 2.24) is 10.2 Å². The first kappa shape index (κ1) is 30.7. The Bertz CT molecular complexity index is 1370. The summed E-state index contributed by atoms with van der Waals surface area (Å²) in [4.78, 5) is 13.9. The molecule has 1 aliphatic heterocycles. The standard InChI is InChI=1S/C31H30F6N2O4/c32-30(33,34)21-5-1-20(2-6-21)16-39-17-25-26(18-39)28(25)38-13-14-42-23-9-3-19(4-10-23)15-27(29(40)41)43-24-11-7-22(8-12-24)31(35,36)37/h1-12,25-28,38H,13-18H2,(H,40,41)/t25-,26-,27+/m1/s1. The fraction of sp³-hybridized carbons (Fsp3) is 0.387. The van der Waals surface area contributed by atoms with E-state index in [2.05, 4.69) is 10.2 Å². The number of halogens is 6. The molecule has 5 rings (SSSR count). The Morgan fingerprint density at radius 3 is 1.86 bits per heavy atom. The van der Waals surface area contributed by atoms with Crippen molar-refractivity contribution >= 4 is 5.97 Å². The molecule has 43 heavy (non-hydrogen) atoms. The Morgan fingerprint density at radius 1 is 0.814 bits per heavy atom. The Balaban J connectivity index is 0.999. The third kappa shape index (κ3) is 7.99. The largest absolute Gasteiger partial charge is 0.492 e. The number of likely N-dealkylation sites (tertiary alicyclic amines) is 1. The third-order valence-corrected chi connectivity index (χ3v) is 7.79. The van der Waals surface area contributed by atoms with Gasteiger partial charge in [0, 0.05) is 38.6 Å². The number of carboxylic acid groups (broad SMARTS) is 1. The second kappa shape index (κ2) is 12.5. The van der Waals surface area contributed by atoms with Crippen LogP contribution in [-0.2, 0) is 30.1 Å². The molecule has 3 aromatic rings. The maximum atomic E-state index is 12.8. The minimum Gasteiger partial charge on any atom is -0.492 e. The number of rotatable bonds is 12. The molecule has 1 saturated heterocycles. The van der Waals surface area contributed by atoms with Crippen molar-refractivity contribution in [2.75, 3.05) is 26.2 Å². The average Bonchev–Trinajstić information content (AvgIpc) is 3.40. The van der Waals surface area contributed by atoms with Gasteiger partial charge in [0.15, 0.2) is 6.10 Å². The van der Waals surface area contributed by atoms with Crippen molar-refractivity contribution in [2.24, 2.45) is 11.8 Å². The molecule has 2 N–H and O–H groups in total. The molecule has 0 spiro atoms. The predicted molar refractivity (Wildman–Crippen MR) is 145 cm³/mol. The highest BCUT2D eigenvalue weighted by molar-refractivity contribution is 5.73. The van der Waals surface area contributed by atoms with Gasteiger partial charge in [-0.15, -0.1) is 0 Å². The highest BCUT2D eigenvalue weighted by atomic mass is 19.4.